The third kappa shape index (κ3) is 4.00. The lowest BCUT2D eigenvalue weighted by atomic mass is 9.91. The number of sulfonamides is 1. The van der Waals surface area contributed by atoms with Crippen molar-refractivity contribution in [3.63, 3.8) is 0 Å². The predicted octanol–water partition coefficient (Wildman–Crippen LogP) is 3.24. The highest BCUT2D eigenvalue weighted by molar-refractivity contribution is 7.89. The lowest BCUT2D eigenvalue weighted by molar-refractivity contribution is -0.141. The minimum Gasteiger partial charge on any atom is -0.493 e. The molecule has 3 aromatic rings. The summed E-state index contributed by atoms with van der Waals surface area (Å²) in [6.45, 7) is 0.117. The molecule has 1 aliphatic heterocycles. The molecular formula is C23H23FN2O6S. The van der Waals surface area contributed by atoms with Crippen molar-refractivity contribution < 1.29 is 31.8 Å². The van der Waals surface area contributed by atoms with Gasteiger partial charge in [-0.2, -0.15) is 4.31 Å². The second-order valence-corrected chi connectivity index (χ2v) is 9.37. The molecule has 4 rings (SSSR count). The van der Waals surface area contributed by atoms with Crippen LogP contribution >= 0.6 is 0 Å². The van der Waals surface area contributed by atoms with Crippen molar-refractivity contribution in [1.82, 2.24) is 9.29 Å². The minimum absolute atomic E-state index is 0.0353. The summed E-state index contributed by atoms with van der Waals surface area (Å²) in [5, 5.41) is 0.174. The van der Waals surface area contributed by atoms with E-state index in [0.29, 0.717) is 23.5 Å². The summed E-state index contributed by atoms with van der Waals surface area (Å²) in [5.41, 5.74) is 1.43. The molecule has 0 amide bonds. The summed E-state index contributed by atoms with van der Waals surface area (Å²) in [6.07, 6.45) is 1.60. The number of hydrogen-bond acceptors (Lipinski definition) is 7. The van der Waals surface area contributed by atoms with Crippen molar-refractivity contribution in [2.75, 3.05) is 27.9 Å². The quantitative estimate of drug-likeness (QED) is 0.506. The number of methoxy groups -OCH3 is 3. The molecule has 8 nitrogen and oxygen atoms in total. The van der Waals surface area contributed by atoms with E-state index in [2.05, 4.69) is 4.98 Å². The summed E-state index contributed by atoms with van der Waals surface area (Å²) < 4.78 is 58.9. The van der Waals surface area contributed by atoms with Crippen LogP contribution in [0, 0.1) is 5.82 Å². The van der Waals surface area contributed by atoms with Gasteiger partial charge in [-0.3, -0.25) is 9.78 Å². The molecule has 174 valence electrons. The highest BCUT2D eigenvalue weighted by Crippen LogP contribution is 2.42. The molecule has 2 heterocycles. The molecule has 10 heteroatoms. The fourth-order valence-electron chi connectivity index (χ4n) is 4.21. The van der Waals surface area contributed by atoms with Gasteiger partial charge < -0.3 is 14.2 Å². The first-order valence-electron chi connectivity index (χ1n) is 10.2. The van der Waals surface area contributed by atoms with E-state index in [1.54, 1.807) is 18.2 Å². The maximum absolute atomic E-state index is 14.3. The van der Waals surface area contributed by atoms with E-state index >= 15 is 0 Å². The normalized spacial score (nSPS) is 16.3. The number of hydrogen-bond donors (Lipinski definition) is 0. The number of esters is 1. The third-order valence-corrected chi connectivity index (χ3v) is 7.77. The molecule has 0 fully saturated rings. The molecule has 33 heavy (non-hydrogen) atoms. The molecule has 0 spiro atoms. The second-order valence-electron chi connectivity index (χ2n) is 7.51. The van der Waals surface area contributed by atoms with Gasteiger partial charge in [-0.05, 0) is 53.9 Å². The number of halogens is 1. The average Bonchev–Trinajstić information content (AvgIpc) is 2.83. The van der Waals surface area contributed by atoms with Crippen molar-refractivity contribution in [2.45, 2.75) is 23.8 Å². The third-order valence-electron chi connectivity index (χ3n) is 5.81. The van der Waals surface area contributed by atoms with E-state index in [9.17, 15) is 17.6 Å². The molecule has 1 unspecified atom stereocenters. The monoisotopic (exact) mass is 474 g/mol. The Morgan fingerprint density at radius 1 is 1.15 bits per heavy atom. The van der Waals surface area contributed by atoms with Crippen LogP contribution in [0.5, 0.6) is 11.5 Å². The second kappa shape index (κ2) is 8.95. The number of carbonyl (C=O) groups excluding carboxylic acids is 1. The van der Waals surface area contributed by atoms with Gasteiger partial charge in [0, 0.05) is 18.1 Å². The number of fused-ring (bicyclic) bond motifs is 2. The fourth-order valence-corrected chi connectivity index (χ4v) is 6.00. The zero-order chi connectivity index (χ0) is 23.8. The van der Waals surface area contributed by atoms with Gasteiger partial charge in [0.2, 0.25) is 10.0 Å². The molecular weight excluding hydrogens is 451 g/mol. The van der Waals surface area contributed by atoms with Gasteiger partial charge in [-0.15, -0.1) is 0 Å². The zero-order valence-corrected chi connectivity index (χ0v) is 19.2. The summed E-state index contributed by atoms with van der Waals surface area (Å²) in [7, 11) is 0.107. The Labute approximate surface area is 190 Å². The van der Waals surface area contributed by atoms with Gasteiger partial charge in [0.1, 0.15) is 11.3 Å². The molecule has 0 N–H and O–H groups in total. The lowest BCUT2D eigenvalue weighted by Crippen LogP contribution is -2.41. The van der Waals surface area contributed by atoms with Crippen LogP contribution in [-0.4, -0.2) is 51.6 Å². The van der Waals surface area contributed by atoms with Crippen LogP contribution in [0.2, 0.25) is 0 Å². The summed E-state index contributed by atoms with van der Waals surface area (Å²) in [4.78, 5) is 16.2. The van der Waals surface area contributed by atoms with Gasteiger partial charge in [0.05, 0.1) is 38.7 Å². The Balaban J connectivity index is 1.88. The van der Waals surface area contributed by atoms with Gasteiger partial charge >= 0.3 is 5.97 Å². The van der Waals surface area contributed by atoms with E-state index in [-0.39, 0.29) is 28.8 Å². The van der Waals surface area contributed by atoms with Crippen LogP contribution in [-0.2, 0) is 26.0 Å². The molecule has 1 aromatic heterocycles. The van der Waals surface area contributed by atoms with Crippen molar-refractivity contribution in [3.8, 4) is 11.5 Å². The predicted molar refractivity (Wildman–Crippen MR) is 118 cm³/mol. The van der Waals surface area contributed by atoms with E-state index < -0.39 is 27.9 Å². The Morgan fingerprint density at radius 2 is 1.88 bits per heavy atom. The van der Waals surface area contributed by atoms with Crippen LogP contribution in [0.25, 0.3) is 10.9 Å². The van der Waals surface area contributed by atoms with Crippen molar-refractivity contribution in [2.24, 2.45) is 0 Å². The molecule has 1 aliphatic rings. The Morgan fingerprint density at radius 3 is 2.58 bits per heavy atom. The van der Waals surface area contributed by atoms with E-state index in [0.717, 1.165) is 11.6 Å². The van der Waals surface area contributed by atoms with Gasteiger partial charge in [0.25, 0.3) is 0 Å². The van der Waals surface area contributed by atoms with Gasteiger partial charge in [0.15, 0.2) is 11.5 Å². The molecule has 0 bridgehead atoms. The first kappa shape index (κ1) is 22.9. The Hall–Kier alpha value is -3.24. The molecule has 0 aliphatic carbocycles. The molecule has 0 radical (unpaired) electrons. The number of pyridine rings is 1. The Kier molecular flexibility index (Phi) is 6.22. The Bertz CT molecular complexity index is 1330. The van der Waals surface area contributed by atoms with E-state index in [1.807, 2.05) is 0 Å². The molecule has 2 aromatic carbocycles. The van der Waals surface area contributed by atoms with Crippen LogP contribution in [0.15, 0.2) is 47.5 Å². The van der Waals surface area contributed by atoms with Crippen LogP contribution in [0.3, 0.4) is 0 Å². The van der Waals surface area contributed by atoms with Crippen LogP contribution in [0.4, 0.5) is 4.39 Å². The first-order chi connectivity index (χ1) is 15.8. The van der Waals surface area contributed by atoms with Crippen molar-refractivity contribution in [1.29, 1.82) is 0 Å². The van der Waals surface area contributed by atoms with E-state index in [1.165, 1.54) is 44.0 Å². The van der Waals surface area contributed by atoms with Crippen LogP contribution < -0.4 is 9.47 Å². The fraction of sp³-hybridized carbons (Fsp3) is 0.304. The maximum Gasteiger partial charge on any atom is 0.307 e. The average molecular weight is 475 g/mol. The van der Waals surface area contributed by atoms with E-state index in [4.69, 9.17) is 14.2 Å². The topological polar surface area (TPSA) is 95.0 Å². The largest absolute Gasteiger partial charge is 0.493 e. The van der Waals surface area contributed by atoms with Gasteiger partial charge in [-0.1, -0.05) is 0 Å². The smallest absolute Gasteiger partial charge is 0.307 e. The number of nitrogens with zero attached hydrogens (tertiary/aromatic N) is 2. The summed E-state index contributed by atoms with van der Waals surface area (Å²) in [5.74, 6) is -0.244. The number of aromatic nitrogens is 1. The van der Waals surface area contributed by atoms with Crippen molar-refractivity contribution >= 4 is 26.9 Å². The number of benzene rings is 2. The maximum atomic E-state index is 14.3. The summed E-state index contributed by atoms with van der Waals surface area (Å²) >= 11 is 0. The molecule has 0 saturated carbocycles. The number of ether oxygens (including phenoxy) is 3. The lowest BCUT2D eigenvalue weighted by Gasteiger charge is -2.36. The molecule has 1 atom stereocenters. The first-order valence-corrected chi connectivity index (χ1v) is 11.6. The SMILES string of the molecule is COC(=O)CC1c2cc(OC)c(OC)cc2CCN1S(=O)(=O)c1ccc(F)c2ncccc12. The zero-order valence-electron chi connectivity index (χ0n) is 18.4. The summed E-state index contributed by atoms with van der Waals surface area (Å²) in [6, 6.07) is 8.02. The standard InChI is InChI=1S/C23H23FN2O6S/c1-30-19-11-14-8-10-26(18(13-22(27)32-3)16(14)12-20(19)31-2)33(28,29)21-7-6-17(24)23-15(21)5-4-9-25-23/h4-7,9,11-12,18H,8,10,13H2,1-3H3. The molecule has 0 saturated heterocycles. The highest BCUT2D eigenvalue weighted by Gasteiger charge is 2.39. The number of carbonyl (C=O) groups is 1. The number of rotatable bonds is 6. The minimum atomic E-state index is -4.14. The van der Waals surface area contributed by atoms with Crippen molar-refractivity contribution in [3.05, 3.63) is 59.5 Å². The highest BCUT2D eigenvalue weighted by atomic mass is 32.2. The van der Waals surface area contributed by atoms with Crippen LogP contribution in [0.1, 0.15) is 23.6 Å². The van der Waals surface area contributed by atoms with Gasteiger partial charge in [-0.25, -0.2) is 12.8 Å².